The maximum atomic E-state index is 14.0. The van der Waals surface area contributed by atoms with Gasteiger partial charge in [0.25, 0.3) is 0 Å². The third kappa shape index (κ3) is 3.19. The Kier molecular flexibility index (Phi) is 4.69. The smallest absolute Gasteiger partial charge is 0.160 e. The molecule has 0 aliphatic heterocycles. The van der Waals surface area contributed by atoms with Crippen molar-refractivity contribution in [3.63, 3.8) is 0 Å². The van der Waals surface area contributed by atoms with Crippen molar-refractivity contribution in [1.29, 1.82) is 5.26 Å². The molecule has 1 aromatic heterocycles. The van der Waals surface area contributed by atoms with E-state index in [9.17, 15) is 9.65 Å². The lowest BCUT2D eigenvalue weighted by Crippen LogP contribution is -1.91. The molecule has 0 spiro atoms. The van der Waals surface area contributed by atoms with Gasteiger partial charge in [0.05, 0.1) is 16.3 Å². The first-order chi connectivity index (χ1) is 11.7. The minimum absolute atomic E-state index is 0.0608. The summed E-state index contributed by atoms with van der Waals surface area (Å²) in [7, 11) is 0. The van der Waals surface area contributed by atoms with Crippen molar-refractivity contribution in [2.45, 2.75) is 6.42 Å². The lowest BCUT2D eigenvalue weighted by Gasteiger charge is -2.01. The third-order valence-electron chi connectivity index (χ3n) is 3.35. The third-order valence-corrected chi connectivity index (χ3v) is 3.66. The fourth-order valence-corrected chi connectivity index (χ4v) is 2.47. The Balaban J connectivity index is 1.91. The van der Waals surface area contributed by atoms with E-state index < -0.39 is 5.82 Å². The van der Waals surface area contributed by atoms with E-state index in [-0.39, 0.29) is 28.3 Å². The van der Waals surface area contributed by atoms with Gasteiger partial charge in [0, 0.05) is 12.6 Å². The number of aromatic nitrogens is 1. The molecule has 0 radical (unpaired) electrons. The Labute approximate surface area is 142 Å². The molecule has 4 nitrogen and oxygen atoms in total. The van der Waals surface area contributed by atoms with Gasteiger partial charge in [-0.2, -0.15) is 5.26 Å². The van der Waals surface area contributed by atoms with Crippen LogP contribution in [0.3, 0.4) is 0 Å². The van der Waals surface area contributed by atoms with E-state index in [0.717, 1.165) is 5.69 Å². The van der Waals surface area contributed by atoms with E-state index in [1.807, 2.05) is 36.4 Å². The Morgan fingerprint density at radius 2 is 2.00 bits per heavy atom. The number of para-hydroxylation sites is 1. The maximum absolute atomic E-state index is 14.0. The normalized spacial score (nSPS) is 10.9. The summed E-state index contributed by atoms with van der Waals surface area (Å²) in [6, 6.07) is 15.6. The van der Waals surface area contributed by atoms with Crippen LogP contribution >= 0.6 is 11.6 Å². The van der Waals surface area contributed by atoms with E-state index in [2.05, 4.69) is 10.1 Å². The van der Waals surface area contributed by atoms with Gasteiger partial charge in [-0.05, 0) is 24.3 Å². The van der Waals surface area contributed by atoms with Crippen LogP contribution in [0.5, 0.6) is 0 Å². The molecule has 118 valence electrons. The monoisotopic (exact) mass is 339 g/mol. The van der Waals surface area contributed by atoms with Crippen LogP contribution in [0.15, 0.2) is 58.0 Å². The number of benzene rings is 2. The SMILES string of the molecule is N#Cc1c(-c2c(F)cccc2Cl)noc1CC=Nc1ccccc1. The highest BCUT2D eigenvalue weighted by molar-refractivity contribution is 6.33. The molecule has 0 atom stereocenters. The number of aliphatic imine (C=N–C) groups is 1. The first-order valence-electron chi connectivity index (χ1n) is 7.11. The Morgan fingerprint density at radius 1 is 1.21 bits per heavy atom. The standard InChI is InChI=1S/C18H11ClFN3O/c19-14-7-4-8-15(20)17(14)18-13(11-21)16(24-23-18)9-10-22-12-5-2-1-3-6-12/h1-8,10H,9H2. The van der Waals surface area contributed by atoms with Crippen molar-refractivity contribution < 1.29 is 8.91 Å². The summed E-state index contributed by atoms with van der Waals surface area (Å²) in [4.78, 5) is 4.27. The van der Waals surface area contributed by atoms with Gasteiger partial charge in [-0.25, -0.2) is 4.39 Å². The molecule has 0 bridgehead atoms. The molecule has 24 heavy (non-hydrogen) atoms. The molecular formula is C18H11ClFN3O. The van der Waals surface area contributed by atoms with Crippen molar-refractivity contribution in [3.8, 4) is 17.3 Å². The quantitative estimate of drug-likeness (QED) is 0.632. The highest BCUT2D eigenvalue weighted by Crippen LogP contribution is 2.33. The number of nitrogens with zero attached hydrogens (tertiary/aromatic N) is 3. The molecule has 3 aromatic rings. The largest absolute Gasteiger partial charge is 0.359 e. The van der Waals surface area contributed by atoms with Gasteiger partial charge < -0.3 is 4.52 Å². The predicted molar refractivity (Wildman–Crippen MR) is 89.9 cm³/mol. The van der Waals surface area contributed by atoms with Crippen molar-refractivity contribution >= 4 is 23.5 Å². The van der Waals surface area contributed by atoms with Crippen LogP contribution in [-0.2, 0) is 6.42 Å². The second-order valence-electron chi connectivity index (χ2n) is 4.89. The molecule has 0 unspecified atom stereocenters. The molecule has 6 heteroatoms. The number of nitriles is 1. The summed E-state index contributed by atoms with van der Waals surface area (Å²) in [6.45, 7) is 0. The Bertz CT molecular complexity index is 909. The summed E-state index contributed by atoms with van der Waals surface area (Å²) in [5.41, 5.74) is 1.10. The average Bonchev–Trinajstić information content (AvgIpc) is 2.98. The summed E-state index contributed by atoms with van der Waals surface area (Å²) in [6.07, 6.45) is 1.88. The van der Waals surface area contributed by atoms with Gasteiger partial charge >= 0.3 is 0 Å². The first-order valence-corrected chi connectivity index (χ1v) is 7.49. The molecule has 0 aliphatic rings. The van der Waals surface area contributed by atoms with E-state index in [0.29, 0.717) is 5.76 Å². The molecule has 3 rings (SSSR count). The van der Waals surface area contributed by atoms with Gasteiger partial charge in [-0.3, -0.25) is 4.99 Å². The highest BCUT2D eigenvalue weighted by Gasteiger charge is 2.21. The summed E-state index contributed by atoms with van der Waals surface area (Å²) in [5, 5.41) is 13.4. The predicted octanol–water partition coefficient (Wildman–Crippen LogP) is 4.95. The lowest BCUT2D eigenvalue weighted by molar-refractivity contribution is 0.394. The van der Waals surface area contributed by atoms with Crippen LogP contribution in [-0.4, -0.2) is 11.4 Å². The number of halogens is 2. The van der Waals surface area contributed by atoms with Gasteiger partial charge in [0.2, 0.25) is 0 Å². The van der Waals surface area contributed by atoms with E-state index >= 15 is 0 Å². The van der Waals surface area contributed by atoms with Crippen molar-refractivity contribution in [1.82, 2.24) is 5.16 Å². The first kappa shape index (κ1) is 15.9. The van der Waals surface area contributed by atoms with E-state index in [1.54, 1.807) is 6.21 Å². The summed E-state index contributed by atoms with van der Waals surface area (Å²) in [5.74, 6) is -0.247. The summed E-state index contributed by atoms with van der Waals surface area (Å²) < 4.78 is 19.2. The zero-order chi connectivity index (χ0) is 16.9. The van der Waals surface area contributed by atoms with Crippen LogP contribution in [0.2, 0.25) is 5.02 Å². The van der Waals surface area contributed by atoms with Gasteiger partial charge in [-0.1, -0.05) is 41.0 Å². The van der Waals surface area contributed by atoms with Crippen LogP contribution in [0.25, 0.3) is 11.3 Å². The molecule has 0 amide bonds. The van der Waals surface area contributed by atoms with Gasteiger partial charge in [0.1, 0.15) is 23.1 Å². The molecule has 0 fully saturated rings. The van der Waals surface area contributed by atoms with Crippen LogP contribution in [0, 0.1) is 17.1 Å². The number of hydrogen-bond acceptors (Lipinski definition) is 4. The fraction of sp³-hybridized carbons (Fsp3) is 0.0556. The minimum atomic E-state index is -0.559. The zero-order valence-electron chi connectivity index (χ0n) is 12.4. The fourth-order valence-electron chi connectivity index (χ4n) is 2.22. The Morgan fingerprint density at radius 3 is 2.71 bits per heavy atom. The molecule has 0 saturated carbocycles. The topological polar surface area (TPSA) is 62.2 Å². The molecule has 0 aliphatic carbocycles. The Hall–Kier alpha value is -2.97. The zero-order valence-corrected chi connectivity index (χ0v) is 13.2. The second-order valence-corrected chi connectivity index (χ2v) is 5.30. The van der Waals surface area contributed by atoms with Gasteiger partial charge in [0.15, 0.2) is 5.76 Å². The molecule has 0 saturated heterocycles. The second kappa shape index (κ2) is 7.07. The average molecular weight is 340 g/mol. The molecule has 2 aromatic carbocycles. The van der Waals surface area contributed by atoms with Crippen LogP contribution in [0.1, 0.15) is 11.3 Å². The van der Waals surface area contributed by atoms with Crippen LogP contribution in [0.4, 0.5) is 10.1 Å². The van der Waals surface area contributed by atoms with Crippen molar-refractivity contribution in [3.05, 3.63) is 70.7 Å². The van der Waals surface area contributed by atoms with Crippen LogP contribution < -0.4 is 0 Å². The number of rotatable bonds is 4. The molecular weight excluding hydrogens is 329 g/mol. The van der Waals surface area contributed by atoms with Crippen molar-refractivity contribution in [2.24, 2.45) is 4.99 Å². The van der Waals surface area contributed by atoms with E-state index in [4.69, 9.17) is 16.1 Å². The summed E-state index contributed by atoms with van der Waals surface area (Å²) >= 11 is 6.03. The molecule has 1 heterocycles. The number of hydrogen-bond donors (Lipinski definition) is 0. The molecule has 0 N–H and O–H groups in total. The lowest BCUT2D eigenvalue weighted by atomic mass is 10.1. The maximum Gasteiger partial charge on any atom is 0.160 e. The van der Waals surface area contributed by atoms with Gasteiger partial charge in [-0.15, -0.1) is 0 Å². The minimum Gasteiger partial charge on any atom is -0.359 e. The highest BCUT2D eigenvalue weighted by atomic mass is 35.5. The van der Waals surface area contributed by atoms with Crippen molar-refractivity contribution in [2.75, 3.05) is 0 Å². The van der Waals surface area contributed by atoms with E-state index in [1.165, 1.54) is 18.2 Å².